The Labute approximate surface area is 171 Å². The molecule has 2 aromatic carbocycles. The highest BCUT2D eigenvalue weighted by Gasteiger charge is 2.29. The smallest absolute Gasteiger partial charge is 0.175 e. The van der Waals surface area contributed by atoms with Gasteiger partial charge in [-0.1, -0.05) is 18.5 Å². The second kappa shape index (κ2) is 8.80. The Morgan fingerprint density at radius 3 is 2.54 bits per heavy atom. The maximum atomic E-state index is 13.5. The summed E-state index contributed by atoms with van der Waals surface area (Å²) in [5.41, 5.74) is 0.906. The van der Waals surface area contributed by atoms with E-state index in [4.69, 9.17) is 16.3 Å². The summed E-state index contributed by atoms with van der Waals surface area (Å²) in [5, 5.41) is 0.429. The fraction of sp³-hybridized carbons (Fsp3) is 0.429. The van der Waals surface area contributed by atoms with E-state index in [-0.39, 0.29) is 10.7 Å². The number of ether oxygens (including phenoxy) is 1. The van der Waals surface area contributed by atoms with Crippen molar-refractivity contribution >= 4 is 21.4 Å². The Morgan fingerprint density at radius 1 is 1.18 bits per heavy atom. The summed E-state index contributed by atoms with van der Waals surface area (Å²) in [5.74, 6) is 1.26. The van der Waals surface area contributed by atoms with E-state index < -0.39 is 9.84 Å². The van der Waals surface area contributed by atoms with Crippen molar-refractivity contribution in [2.45, 2.75) is 18.2 Å². The lowest BCUT2D eigenvalue weighted by molar-refractivity contribution is 0.225. The molecule has 7 heteroatoms. The zero-order valence-electron chi connectivity index (χ0n) is 16.1. The van der Waals surface area contributed by atoms with Gasteiger partial charge >= 0.3 is 0 Å². The molecule has 1 aliphatic rings. The van der Waals surface area contributed by atoms with Crippen LogP contribution in [0.25, 0.3) is 0 Å². The van der Waals surface area contributed by atoms with Gasteiger partial charge in [-0.3, -0.25) is 0 Å². The monoisotopic (exact) mass is 425 g/mol. The van der Waals surface area contributed by atoms with E-state index >= 15 is 0 Å². The molecule has 2 atom stereocenters. The molecule has 0 aromatic heterocycles. The first-order valence-corrected chi connectivity index (χ1v) is 11.6. The van der Waals surface area contributed by atoms with Crippen molar-refractivity contribution in [2.75, 3.05) is 32.5 Å². The van der Waals surface area contributed by atoms with E-state index in [1.807, 2.05) is 6.07 Å². The summed E-state index contributed by atoms with van der Waals surface area (Å²) in [6.07, 6.45) is 1.94. The predicted molar refractivity (Wildman–Crippen MR) is 109 cm³/mol. The highest BCUT2D eigenvalue weighted by atomic mass is 35.5. The average Bonchev–Trinajstić information content (AvgIpc) is 2.97. The van der Waals surface area contributed by atoms with Crippen LogP contribution < -0.4 is 4.74 Å². The number of nitrogens with zero attached hydrogens (tertiary/aromatic N) is 1. The Kier molecular flexibility index (Phi) is 6.63. The molecule has 0 N–H and O–H groups in total. The van der Waals surface area contributed by atoms with Gasteiger partial charge in [-0.2, -0.15) is 0 Å². The van der Waals surface area contributed by atoms with Gasteiger partial charge in [0.05, 0.1) is 11.5 Å². The van der Waals surface area contributed by atoms with Gasteiger partial charge in [0.15, 0.2) is 9.84 Å². The van der Waals surface area contributed by atoms with Crippen LogP contribution in [0.15, 0.2) is 47.4 Å². The maximum Gasteiger partial charge on any atom is 0.175 e. The molecule has 0 aliphatic carbocycles. The van der Waals surface area contributed by atoms with Crippen LogP contribution in [0.1, 0.15) is 12.5 Å². The zero-order chi connectivity index (χ0) is 20.3. The molecule has 0 radical (unpaired) electrons. The number of rotatable bonds is 7. The highest BCUT2D eigenvalue weighted by molar-refractivity contribution is 7.90. The largest absolute Gasteiger partial charge is 0.493 e. The second-order valence-corrected chi connectivity index (χ2v) is 10.0. The standard InChI is InChI=1S/C21H25ClFNO3S/c1-15-12-24(8-7-16-9-18(22)11-19(23)10-16)13-17(15)14-27-20-3-5-21(6-4-20)28(2,25)26/h3-6,9-11,15,17H,7-8,12-14H2,1-2H3/t15-,17+/m1/s1. The summed E-state index contributed by atoms with van der Waals surface area (Å²) in [4.78, 5) is 2.65. The summed E-state index contributed by atoms with van der Waals surface area (Å²) in [7, 11) is -3.19. The zero-order valence-corrected chi connectivity index (χ0v) is 17.6. The Balaban J connectivity index is 1.49. The van der Waals surface area contributed by atoms with E-state index in [2.05, 4.69) is 11.8 Å². The topological polar surface area (TPSA) is 46.6 Å². The summed E-state index contributed by atoms with van der Waals surface area (Å²) >= 11 is 5.92. The van der Waals surface area contributed by atoms with E-state index in [1.165, 1.54) is 18.4 Å². The van der Waals surface area contributed by atoms with Gasteiger partial charge < -0.3 is 9.64 Å². The van der Waals surface area contributed by atoms with Crippen LogP contribution in [0.4, 0.5) is 4.39 Å². The third kappa shape index (κ3) is 5.69. The third-order valence-corrected chi connectivity index (χ3v) is 6.55. The van der Waals surface area contributed by atoms with E-state index in [9.17, 15) is 12.8 Å². The lowest BCUT2D eigenvalue weighted by Crippen LogP contribution is -2.24. The summed E-state index contributed by atoms with van der Waals surface area (Å²) in [6.45, 7) is 5.54. The number of hydrogen-bond acceptors (Lipinski definition) is 4. The van der Waals surface area contributed by atoms with Crippen LogP contribution in [0.3, 0.4) is 0 Å². The molecule has 0 saturated carbocycles. The van der Waals surface area contributed by atoms with E-state index in [0.29, 0.717) is 29.2 Å². The van der Waals surface area contributed by atoms with Crippen molar-refractivity contribution in [1.82, 2.24) is 4.90 Å². The number of halogens is 2. The second-order valence-electron chi connectivity index (χ2n) is 7.58. The van der Waals surface area contributed by atoms with Crippen molar-refractivity contribution < 1.29 is 17.5 Å². The molecule has 0 unspecified atom stereocenters. The molecule has 3 rings (SSSR count). The minimum Gasteiger partial charge on any atom is -0.493 e. The molecule has 4 nitrogen and oxygen atoms in total. The first-order valence-electron chi connectivity index (χ1n) is 9.31. The normalized spacial score (nSPS) is 20.4. The fourth-order valence-electron chi connectivity index (χ4n) is 3.57. The van der Waals surface area contributed by atoms with Crippen molar-refractivity contribution in [3.8, 4) is 5.75 Å². The molecule has 1 saturated heterocycles. The minimum absolute atomic E-state index is 0.290. The first-order chi connectivity index (χ1) is 13.2. The number of benzene rings is 2. The quantitative estimate of drug-likeness (QED) is 0.670. The third-order valence-electron chi connectivity index (χ3n) is 5.20. The van der Waals surface area contributed by atoms with Crippen molar-refractivity contribution in [3.05, 3.63) is 58.9 Å². The molecule has 152 valence electrons. The molecule has 0 amide bonds. The van der Waals surface area contributed by atoms with Crippen LogP contribution in [0.5, 0.6) is 5.75 Å². The van der Waals surface area contributed by atoms with Crippen molar-refractivity contribution in [2.24, 2.45) is 11.8 Å². The Hall–Kier alpha value is -1.63. The Morgan fingerprint density at radius 2 is 1.89 bits per heavy atom. The molecule has 0 spiro atoms. The average molecular weight is 426 g/mol. The molecule has 28 heavy (non-hydrogen) atoms. The predicted octanol–water partition coefficient (Wildman–Crippen LogP) is 4.07. The molecule has 1 heterocycles. The number of likely N-dealkylation sites (tertiary alicyclic amines) is 1. The SMILES string of the molecule is C[C@@H]1CN(CCc2cc(F)cc(Cl)c2)C[C@H]1COc1ccc(S(C)(=O)=O)cc1. The fourth-order valence-corrected chi connectivity index (χ4v) is 4.45. The van der Waals surface area contributed by atoms with Crippen LogP contribution >= 0.6 is 11.6 Å². The van der Waals surface area contributed by atoms with Gasteiger partial charge in [-0.25, -0.2) is 12.8 Å². The van der Waals surface area contributed by atoms with Gasteiger partial charge in [-0.15, -0.1) is 0 Å². The molecule has 1 fully saturated rings. The van der Waals surface area contributed by atoms with Gasteiger partial charge in [-0.05, 0) is 60.4 Å². The Bertz CT molecular complexity index is 897. The van der Waals surface area contributed by atoms with Gasteiger partial charge in [0, 0.05) is 36.8 Å². The van der Waals surface area contributed by atoms with E-state index in [1.54, 1.807) is 24.3 Å². The van der Waals surface area contributed by atoms with Crippen molar-refractivity contribution in [3.63, 3.8) is 0 Å². The maximum absolute atomic E-state index is 13.5. The highest BCUT2D eigenvalue weighted by Crippen LogP contribution is 2.25. The van der Waals surface area contributed by atoms with Crippen LogP contribution in [0.2, 0.25) is 5.02 Å². The minimum atomic E-state index is -3.19. The molecule has 1 aliphatic heterocycles. The first kappa shape index (κ1) is 21.1. The van der Waals surface area contributed by atoms with Crippen LogP contribution in [0, 0.1) is 17.7 Å². The van der Waals surface area contributed by atoms with E-state index in [0.717, 1.165) is 31.6 Å². The van der Waals surface area contributed by atoms with Gasteiger partial charge in [0.1, 0.15) is 11.6 Å². The molecule has 2 aromatic rings. The van der Waals surface area contributed by atoms with Crippen LogP contribution in [-0.2, 0) is 16.3 Å². The summed E-state index contributed by atoms with van der Waals surface area (Å²) < 4.78 is 42.4. The lowest BCUT2D eigenvalue weighted by Gasteiger charge is -2.17. The van der Waals surface area contributed by atoms with Gasteiger partial charge in [0.2, 0.25) is 0 Å². The lowest BCUT2D eigenvalue weighted by atomic mass is 9.99. The number of sulfone groups is 1. The van der Waals surface area contributed by atoms with Gasteiger partial charge in [0.25, 0.3) is 0 Å². The van der Waals surface area contributed by atoms with Crippen molar-refractivity contribution in [1.29, 1.82) is 0 Å². The molecule has 0 bridgehead atoms. The molecular formula is C21H25ClFNO3S. The number of hydrogen-bond donors (Lipinski definition) is 0. The molecular weight excluding hydrogens is 401 g/mol. The van der Waals surface area contributed by atoms with Crippen LogP contribution in [-0.4, -0.2) is 45.8 Å². The summed E-state index contributed by atoms with van der Waals surface area (Å²) in [6, 6.07) is 11.2.